The third-order valence-corrected chi connectivity index (χ3v) is 2.76. The lowest BCUT2D eigenvalue weighted by atomic mass is 10.0. The number of ketones is 1. The van der Waals surface area contributed by atoms with Gasteiger partial charge in [-0.1, -0.05) is 18.2 Å². The first kappa shape index (κ1) is 12.7. The molecule has 0 radical (unpaired) electrons. The lowest BCUT2D eigenvalue weighted by molar-refractivity contribution is 0.0983. The fraction of sp³-hybridized carbons (Fsp3) is 0.333. The number of hydrogen-bond donors (Lipinski definition) is 1. The first-order chi connectivity index (χ1) is 8.47. The molecule has 0 spiro atoms. The first-order valence-electron chi connectivity index (χ1n) is 6.08. The summed E-state index contributed by atoms with van der Waals surface area (Å²) in [6, 6.07) is 7.62. The number of benzene rings is 1. The maximum Gasteiger partial charge on any atom is 0.177 e. The largest absolute Gasteiger partial charge is 0.305 e. The summed E-state index contributed by atoms with van der Waals surface area (Å²) >= 11 is 0. The van der Waals surface area contributed by atoms with Crippen LogP contribution in [0.15, 0.2) is 36.7 Å². The van der Waals surface area contributed by atoms with Crippen molar-refractivity contribution >= 4 is 16.6 Å². The molecule has 3 nitrogen and oxygen atoms in total. The smallest absolute Gasteiger partial charge is 0.177 e. The molecule has 1 aromatic carbocycles. The van der Waals surface area contributed by atoms with E-state index in [1.807, 2.05) is 45.0 Å². The Morgan fingerprint density at radius 2 is 2.06 bits per heavy atom. The van der Waals surface area contributed by atoms with Gasteiger partial charge in [-0.3, -0.25) is 9.78 Å². The van der Waals surface area contributed by atoms with Crippen LogP contribution in [0.4, 0.5) is 0 Å². The molecule has 0 amide bonds. The van der Waals surface area contributed by atoms with Crippen LogP contribution in [0.5, 0.6) is 0 Å². The van der Waals surface area contributed by atoms with Crippen molar-refractivity contribution in [3.8, 4) is 0 Å². The van der Waals surface area contributed by atoms with E-state index in [-0.39, 0.29) is 11.3 Å². The fourth-order valence-corrected chi connectivity index (χ4v) is 1.81. The van der Waals surface area contributed by atoms with Gasteiger partial charge in [0.15, 0.2) is 5.78 Å². The molecule has 1 N–H and O–H groups in total. The maximum atomic E-state index is 12.2. The number of nitrogens with zero attached hydrogens (tertiary/aromatic N) is 1. The predicted molar refractivity (Wildman–Crippen MR) is 73.8 cm³/mol. The van der Waals surface area contributed by atoms with Gasteiger partial charge in [-0.25, -0.2) is 0 Å². The Bertz CT molecular complexity index is 565. The summed E-state index contributed by atoms with van der Waals surface area (Å²) in [5, 5.41) is 5.18. The monoisotopic (exact) mass is 242 g/mol. The van der Waals surface area contributed by atoms with E-state index in [9.17, 15) is 4.79 Å². The summed E-state index contributed by atoms with van der Waals surface area (Å²) in [4.78, 5) is 16.3. The lowest BCUT2D eigenvalue weighted by Crippen LogP contribution is -2.39. The Morgan fingerprint density at radius 1 is 1.28 bits per heavy atom. The minimum Gasteiger partial charge on any atom is -0.305 e. The van der Waals surface area contributed by atoms with Crippen LogP contribution in [-0.2, 0) is 0 Å². The van der Waals surface area contributed by atoms with Gasteiger partial charge in [-0.15, -0.1) is 0 Å². The highest BCUT2D eigenvalue weighted by molar-refractivity contribution is 6.08. The van der Waals surface area contributed by atoms with E-state index in [0.717, 1.165) is 16.3 Å². The molecule has 0 bridgehead atoms. The number of pyridine rings is 1. The predicted octanol–water partition coefficient (Wildman–Crippen LogP) is 2.81. The van der Waals surface area contributed by atoms with Crippen LogP contribution in [-0.4, -0.2) is 22.9 Å². The molecule has 0 saturated heterocycles. The molecule has 18 heavy (non-hydrogen) atoms. The van der Waals surface area contributed by atoms with Gasteiger partial charge < -0.3 is 5.32 Å². The number of carbonyl (C=O) groups excluding carboxylic acids is 1. The van der Waals surface area contributed by atoms with Gasteiger partial charge in [0.2, 0.25) is 0 Å². The molecule has 0 aliphatic rings. The quantitative estimate of drug-likeness (QED) is 0.841. The number of aromatic nitrogens is 1. The summed E-state index contributed by atoms with van der Waals surface area (Å²) in [6.45, 7) is 6.50. The molecule has 0 aliphatic heterocycles. The summed E-state index contributed by atoms with van der Waals surface area (Å²) in [7, 11) is 0. The van der Waals surface area contributed by atoms with Crippen LogP contribution < -0.4 is 5.32 Å². The molecule has 1 heterocycles. The van der Waals surface area contributed by atoms with Gasteiger partial charge in [0.25, 0.3) is 0 Å². The minimum atomic E-state index is -0.0538. The van der Waals surface area contributed by atoms with Gasteiger partial charge in [0, 0.05) is 28.9 Å². The highest BCUT2D eigenvalue weighted by atomic mass is 16.1. The Morgan fingerprint density at radius 3 is 2.78 bits per heavy atom. The van der Waals surface area contributed by atoms with E-state index in [0.29, 0.717) is 6.54 Å². The molecule has 2 aromatic rings. The van der Waals surface area contributed by atoms with Crippen molar-refractivity contribution in [2.24, 2.45) is 0 Å². The van der Waals surface area contributed by atoms with Crippen LogP contribution in [0.3, 0.4) is 0 Å². The first-order valence-corrected chi connectivity index (χ1v) is 6.08. The molecule has 1 aromatic heterocycles. The van der Waals surface area contributed by atoms with Crippen molar-refractivity contribution in [3.63, 3.8) is 0 Å². The number of nitrogens with one attached hydrogen (secondary N) is 1. The standard InChI is InChI=1S/C15H18N2O/c1-15(2,3)17-10-14(18)13-6-4-5-11-9-16-8-7-12(11)13/h4-9,17H,10H2,1-3H3. The van der Waals surface area contributed by atoms with Gasteiger partial charge in [-0.05, 0) is 32.2 Å². The van der Waals surface area contributed by atoms with Crippen molar-refractivity contribution < 1.29 is 4.79 Å². The zero-order chi connectivity index (χ0) is 13.2. The molecule has 2 rings (SSSR count). The summed E-state index contributed by atoms with van der Waals surface area (Å²) in [5.74, 6) is 0.113. The van der Waals surface area contributed by atoms with Gasteiger partial charge >= 0.3 is 0 Å². The normalized spacial score (nSPS) is 11.7. The van der Waals surface area contributed by atoms with Crippen LogP contribution in [0.2, 0.25) is 0 Å². The second-order valence-corrected chi connectivity index (χ2v) is 5.43. The number of fused-ring (bicyclic) bond motifs is 1. The number of Topliss-reactive ketones (excluding diaryl/α,β-unsaturated/α-hetero) is 1. The molecule has 0 saturated carbocycles. The zero-order valence-electron chi connectivity index (χ0n) is 11.0. The molecule has 0 fully saturated rings. The molecule has 0 unspecified atom stereocenters. The summed E-state index contributed by atoms with van der Waals surface area (Å²) in [5.41, 5.74) is 0.702. The van der Waals surface area contributed by atoms with E-state index < -0.39 is 0 Å². The third kappa shape index (κ3) is 2.93. The molecule has 0 atom stereocenters. The number of hydrogen-bond acceptors (Lipinski definition) is 3. The molecule has 3 heteroatoms. The Kier molecular flexibility index (Phi) is 3.43. The second-order valence-electron chi connectivity index (χ2n) is 5.43. The third-order valence-electron chi connectivity index (χ3n) is 2.76. The van der Waals surface area contributed by atoms with E-state index in [1.165, 1.54) is 0 Å². The fourth-order valence-electron chi connectivity index (χ4n) is 1.81. The zero-order valence-corrected chi connectivity index (χ0v) is 11.0. The average molecular weight is 242 g/mol. The highest BCUT2D eigenvalue weighted by Gasteiger charge is 2.14. The van der Waals surface area contributed by atoms with Gasteiger partial charge in [-0.2, -0.15) is 0 Å². The minimum absolute atomic E-state index is 0.0538. The van der Waals surface area contributed by atoms with E-state index in [1.54, 1.807) is 12.4 Å². The van der Waals surface area contributed by atoms with Crippen molar-refractivity contribution in [1.82, 2.24) is 10.3 Å². The Labute approximate surface area is 107 Å². The second kappa shape index (κ2) is 4.86. The molecular weight excluding hydrogens is 224 g/mol. The van der Waals surface area contributed by atoms with Crippen LogP contribution in [0.1, 0.15) is 31.1 Å². The number of carbonyl (C=O) groups is 1. The van der Waals surface area contributed by atoms with Crippen molar-refractivity contribution in [2.75, 3.05) is 6.54 Å². The summed E-state index contributed by atoms with van der Waals surface area (Å²) < 4.78 is 0. The Hall–Kier alpha value is -1.74. The summed E-state index contributed by atoms with van der Waals surface area (Å²) in [6.07, 6.45) is 3.50. The van der Waals surface area contributed by atoms with Gasteiger partial charge in [0.05, 0.1) is 6.54 Å². The van der Waals surface area contributed by atoms with Crippen LogP contribution in [0, 0.1) is 0 Å². The topological polar surface area (TPSA) is 42.0 Å². The van der Waals surface area contributed by atoms with Crippen LogP contribution in [0.25, 0.3) is 10.8 Å². The van der Waals surface area contributed by atoms with Crippen molar-refractivity contribution in [3.05, 3.63) is 42.2 Å². The molecular formula is C15H18N2O. The Balaban J connectivity index is 2.28. The van der Waals surface area contributed by atoms with Gasteiger partial charge in [0.1, 0.15) is 0 Å². The van der Waals surface area contributed by atoms with E-state index in [2.05, 4.69) is 10.3 Å². The average Bonchev–Trinajstić information content (AvgIpc) is 2.34. The van der Waals surface area contributed by atoms with E-state index >= 15 is 0 Å². The van der Waals surface area contributed by atoms with E-state index in [4.69, 9.17) is 0 Å². The maximum absolute atomic E-state index is 12.2. The van der Waals surface area contributed by atoms with Crippen LogP contribution >= 0.6 is 0 Å². The van der Waals surface area contributed by atoms with Crippen molar-refractivity contribution in [2.45, 2.75) is 26.3 Å². The molecule has 94 valence electrons. The lowest BCUT2D eigenvalue weighted by Gasteiger charge is -2.20. The number of rotatable bonds is 3. The molecule has 0 aliphatic carbocycles. The SMILES string of the molecule is CC(C)(C)NCC(=O)c1cccc2cnccc12. The van der Waals surface area contributed by atoms with Crippen molar-refractivity contribution in [1.29, 1.82) is 0 Å². The highest BCUT2D eigenvalue weighted by Crippen LogP contribution is 2.17.